The van der Waals surface area contributed by atoms with Crippen LogP contribution < -0.4 is 10.1 Å². The average molecular weight is 329 g/mol. The molecule has 0 aliphatic carbocycles. The van der Waals surface area contributed by atoms with Crippen molar-refractivity contribution in [2.75, 3.05) is 12.4 Å². The molecule has 24 heavy (non-hydrogen) atoms. The Morgan fingerprint density at radius 2 is 1.79 bits per heavy atom. The van der Waals surface area contributed by atoms with Gasteiger partial charge in [-0.1, -0.05) is 38.3 Å². The standard InChI is InChI=1S/C21H28FNO/c1-4-5-6-7-9-20-19(10-8-11-21(20)22)16(2)23-17-12-14-18(24-3)15-13-17/h8,10-16,23H,4-7,9H2,1-3H3. The summed E-state index contributed by atoms with van der Waals surface area (Å²) >= 11 is 0. The quantitative estimate of drug-likeness (QED) is 0.559. The van der Waals surface area contributed by atoms with Crippen LogP contribution in [0, 0.1) is 5.82 Å². The zero-order chi connectivity index (χ0) is 17.4. The van der Waals surface area contributed by atoms with Crippen LogP contribution in [0.2, 0.25) is 0 Å². The number of methoxy groups -OCH3 is 1. The number of halogens is 1. The highest BCUT2D eigenvalue weighted by Crippen LogP contribution is 2.26. The molecule has 130 valence electrons. The van der Waals surface area contributed by atoms with Crippen molar-refractivity contribution >= 4 is 5.69 Å². The van der Waals surface area contributed by atoms with E-state index in [-0.39, 0.29) is 11.9 Å². The molecule has 0 aromatic heterocycles. The molecule has 2 nitrogen and oxygen atoms in total. The van der Waals surface area contributed by atoms with E-state index in [1.165, 1.54) is 12.8 Å². The van der Waals surface area contributed by atoms with Crippen molar-refractivity contribution in [2.45, 2.75) is 52.0 Å². The Morgan fingerprint density at radius 3 is 2.46 bits per heavy atom. The van der Waals surface area contributed by atoms with E-state index in [1.807, 2.05) is 30.3 Å². The minimum atomic E-state index is -0.0904. The van der Waals surface area contributed by atoms with Gasteiger partial charge in [-0.05, 0) is 61.2 Å². The van der Waals surface area contributed by atoms with Gasteiger partial charge >= 0.3 is 0 Å². The second-order valence-corrected chi connectivity index (χ2v) is 6.21. The fourth-order valence-electron chi connectivity index (χ4n) is 2.99. The van der Waals surface area contributed by atoms with Gasteiger partial charge in [0.25, 0.3) is 0 Å². The van der Waals surface area contributed by atoms with Gasteiger partial charge in [-0.3, -0.25) is 0 Å². The van der Waals surface area contributed by atoms with Crippen LogP contribution in [-0.2, 0) is 6.42 Å². The molecule has 1 unspecified atom stereocenters. The van der Waals surface area contributed by atoms with Crippen molar-refractivity contribution in [1.82, 2.24) is 0 Å². The number of nitrogens with one attached hydrogen (secondary N) is 1. The van der Waals surface area contributed by atoms with Crippen LogP contribution in [0.4, 0.5) is 10.1 Å². The van der Waals surface area contributed by atoms with Gasteiger partial charge in [0.05, 0.1) is 7.11 Å². The van der Waals surface area contributed by atoms with Gasteiger partial charge in [-0.2, -0.15) is 0 Å². The van der Waals surface area contributed by atoms with E-state index in [0.29, 0.717) is 0 Å². The van der Waals surface area contributed by atoms with Gasteiger partial charge in [-0.15, -0.1) is 0 Å². The molecule has 0 spiro atoms. The molecular formula is C21H28FNO. The predicted molar refractivity (Wildman–Crippen MR) is 99.3 cm³/mol. The Hall–Kier alpha value is -2.03. The predicted octanol–water partition coefficient (Wildman–Crippen LogP) is 6.13. The molecule has 0 bridgehead atoms. The van der Waals surface area contributed by atoms with Crippen molar-refractivity contribution in [1.29, 1.82) is 0 Å². The lowest BCUT2D eigenvalue weighted by Gasteiger charge is -2.20. The zero-order valence-electron chi connectivity index (χ0n) is 14.9. The van der Waals surface area contributed by atoms with Crippen molar-refractivity contribution in [3.05, 3.63) is 59.4 Å². The van der Waals surface area contributed by atoms with Gasteiger partial charge in [-0.25, -0.2) is 4.39 Å². The Labute approximate surface area is 145 Å². The summed E-state index contributed by atoms with van der Waals surface area (Å²) in [6, 6.07) is 13.3. The number of ether oxygens (including phenoxy) is 1. The van der Waals surface area contributed by atoms with Crippen LogP contribution in [0.25, 0.3) is 0 Å². The molecule has 1 N–H and O–H groups in total. The molecule has 2 aromatic rings. The second-order valence-electron chi connectivity index (χ2n) is 6.21. The fraction of sp³-hybridized carbons (Fsp3) is 0.429. The summed E-state index contributed by atoms with van der Waals surface area (Å²) in [5, 5.41) is 3.46. The highest BCUT2D eigenvalue weighted by Gasteiger charge is 2.14. The lowest BCUT2D eigenvalue weighted by molar-refractivity contribution is 0.415. The van der Waals surface area contributed by atoms with E-state index in [9.17, 15) is 4.39 Å². The fourth-order valence-corrected chi connectivity index (χ4v) is 2.99. The maximum atomic E-state index is 14.3. The molecular weight excluding hydrogens is 301 g/mol. The largest absolute Gasteiger partial charge is 0.497 e. The first kappa shape index (κ1) is 18.3. The molecule has 0 saturated heterocycles. The Balaban J connectivity index is 2.09. The van der Waals surface area contributed by atoms with Crippen molar-refractivity contribution < 1.29 is 9.13 Å². The van der Waals surface area contributed by atoms with E-state index in [0.717, 1.165) is 41.8 Å². The Kier molecular flexibility index (Phi) is 7.10. The van der Waals surface area contributed by atoms with E-state index in [1.54, 1.807) is 19.2 Å². The number of anilines is 1. The first-order chi connectivity index (χ1) is 11.7. The zero-order valence-corrected chi connectivity index (χ0v) is 14.9. The molecule has 3 heteroatoms. The molecule has 0 heterocycles. The van der Waals surface area contributed by atoms with Crippen LogP contribution in [0.3, 0.4) is 0 Å². The minimum absolute atomic E-state index is 0.0512. The van der Waals surface area contributed by atoms with Crippen molar-refractivity contribution in [3.63, 3.8) is 0 Å². The van der Waals surface area contributed by atoms with Gasteiger partial charge in [0.2, 0.25) is 0 Å². The minimum Gasteiger partial charge on any atom is -0.497 e. The summed E-state index contributed by atoms with van der Waals surface area (Å²) in [5.41, 5.74) is 2.90. The Bertz CT molecular complexity index is 624. The molecule has 2 aromatic carbocycles. The van der Waals surface area contributed by atoms with Crippen LogP contribution in [0.1, 0.15) is 56.7 Å². The number of unbranched alkanes of at least 4 members (excludes halogenated alkanes) is 3. The topological polar surface area (TPSA) is 21.3 Å². The lowest BCUT2D eigenvalue weighted by atomic mass is 9.96. The highest BCUT2D eigenvalue weighted by atomic mass is 19.1. The molecule has 0 fully saturated rings. The molecule has 2 rings (SSSR count). The van der Waals surface area contributed by atoms with Crippen molar-refractivity contribution in [3.8, 4) is 5.75 Å². The number of hydrogen-bond donors (Lipinski definition) is 1. The molecule has 0 aliphatic rings. The summed E-state index contributed by atoms with van der Waals surface area (Å²) in [4.78, 5) is 0. The van der Waals surface area contributed by atoms with Crippen LogP contribution in [-0.4, -0.2) is 7.11 Å². The molecule has 0 aliphatic heterocycles. The summed E-state index contributed by atoms with van der Waals surface area (Å²) < 4.78 is 19.5. The van der Waals surface area contributed by atoms with Gasteiger partial charge in [0.15, 0.2) is 0 Å². The summed E-state index contributed by atoms with van der Waals surface area (Å²) in [6.07, 6.45) is 5.40. The van der Waals surface area contributed by atoms with Crippen molar-refractivity contribution in [2.24, 2.45) is 0 Å². The third-order valence-electron chi connectivity index (χ3n) is 4.38. The van der Waals surface area contributed by atoms with Gasteiger partial charge in [0, 0.05) is 11.7 Å². The van der Waals surface area contributed by atoms with E-state index < -0.39 is 0 Å². The maximum absolute atomic E-state index is 14.3. The number of hydrogen-bond acceptors (Lipinski definition) is 2. The summed E-state index contributed by atoms with van der Waals surface area (Å²) in [7, 11) is 1.66. The lowest BCUT2D eigenvalue weighted by Crippen LogP contribution is -2.10. The average Bonchev–Trinajstić information content (AvgIpc) is 2.60. The molecule has 1 atom stereocenters. The SMILES string of the molecule is CCCCCCc1c(F)cccc1C(C)Nc1ccc(OC)cc1. The highest BCUT2D eigenvalue weighted by molar-refractivity contribution is 5.49. The monoisotopic (exact) mass is 329 g/mol. The number of benzene rings is 2. The molecule has 0 amide bonds. The summed E-state index contributed by atoms with van der Waals surface area (Å²) in [6.45, 7) is 4.27. The first-order valence-corrected chi connectivity index (χ1v) is 8.83. The third-order valence-corrected chi connectivity index (χ3v) is 4.38. The first-order valence-electron chi connectivity index (χ1n) is 8.83. The number of rotatable bonds is 9. The Morgan fingerprint density at radius 1 is 1.04 bits per heavy atom. The van der Waals surface area contributed by atoms with Crippen LogP contribution in [0.15, 0.2) is 42.5 Å². The van der Waals surface area contributed by atoms with Crippen LogP contribution in [0.5, 0.6) is 5.75 Å². The molecule has 0 radical (unpaired) electrons. The summed E-state index contributed by atoms with van der Waals surface area (Å²) in [5.74, 6) is 0.739. The molecule has 0 saturated carbocycles. The third kappa shape index (κ3) is 4.98. The van der Waals surface area contributed by atoms with E-state index in [2.05, 4.69) is 19.2 Å². The van der Waals surface area contributed by atoms with Crippen LogP contribution >= 0.6 is 0 Å². The normalized spacial score (nSPS) is 12.0. The smallest absolute Gasteiger partial charge is 0.126 e. The maximum Gasteiger partial charge on any atom is 0.126 e. The van der Waals surface area contributed by atoms with E-state index >= 15 is 0 Å². The second kappa shape index (κ2) is 9.31. The van der Waals surface area contributed by atoms with Gasteiger partial charge in [0.1, 0.15) is 11.6 Å². The van der Waals surface area contributed by atoms with Gasteiger partial charge < -0.3 is 10.1 Å². The van der Waals surface area contributed by atoms with E-state index in [4.69, 9.17) is 4.74 Å².